The fourth-order valence-electron chi connectivity index (χ4n) is 4.15. The van der Waals surface area contributed by atoms with Crippen molar-refractivity contribution in [1.82, 2.24) is 20.6 Å². The Kier molecular flexibility index (Phi) is 4.91. The summed E-state index contributed by atoms with van der Waals surface area (Å²) < 4.78 is 0. The molecule has 1 fully saturated rings. The van der Waals surface area contributed by atoms with Crippen molar-refractivity contribution >= 4 is 22.6 Å². The van der Waals surface area contributed by atoms with Gasteiger partial charge in [-0.2, -0.15) is 5.26 Å². The van der Waals surface area contributed by atoms with E-state index in [0.29, 0.717) is 30.4 Å². The Morgan fingerprint density at radius 3 is 2.90 bits per heavy atom. The number of aromatic nitrogens is 2. The molecule has 31 heavy (non-hydrogen) atoms. The topological polar surface area (TPSA) is 106 Å². The lowest BCUT2D eigenvalue weighted by atomic mass is 9.93. The van der Waals surface area contributed by atoms with Crippen molar-refractivity contribution < 1.29 is 4.79 Å². The molecule has 5 rings (SSSR count). The molecule has 2 aromatic heterocycles. The first-order valence-corrected chi connectivity index (χ1v) is 10.7. The van der Waals surface area contributed by atoms with Crippen LogP contribution in [-0.4, -0.2) is 39.8 Å². The number of benzene rings is 1. The summed E-state index contributed by atoms with van der Waals surface area (Å²) in [4.78, 5) is 25.0. The van der Waals surface area contributed by atoms with E-state index in [1.54, 1.807) is 12.4 Å². The second kappa shape index (κ2) is 7.88. The fourth-order valence-corrected chi connectivity index (χ4v) is 4.15. The van der Waals surface area contributed by atoms with E-state index in [9.17, 15) is 10.1 Å². The van der Waals surface area contributed by atoms with Crippen LogP contribution in [0.1, 0.15) is 35.3 Å². The molecular weight excluding hydrogens is 388 g/mol. The predicted molar refractivity (Wildman–Crippen MR) is 119 cm³/mol. The molecule has 7 heteroatoms. The zero-order chi connectivity index (χ0) is 21.3. The van der Waals surface area contributed by atoms with Crippen LogP contribution in [-0.2, 0) is 6.42 Å². The molecule has 7 nitrogen and oxygen atoms in total. The highest BCUT2D eigenvalue weighted by atomic mass is 16.2. The van der Waals surface area contributed by atoms with Crippen LogP contribution in [0.5, 0.6) is 0 Å². The number of nitrogens with zero attached hydrogens (tertiary/aromatic N) is 3. The molecular formula is C24H24N6O. The van der Waals surface area contributed by atoms with Gasteiger partial charge < -0.3 is 15.6 Å². The largest absolute Gasteiger partial charge is 0.352 e. The van der Waals surface area contributed by atoms with Crippen molar-refractivity contribution in [3.63, 3.8) is 0 Å². The lowest BCUT2D eigenvalue weighted by Crippen LogP contribution is -2.53. The molecule has 1 saturated carbocycles. The van der Waals surface area contributed by atoms with Gasteiger partial charge in [0.2, 0.25) is 0 Å². The Balaban J connectivity index is 1.33. The summed E-state index contributed by atoms with van der Waals surface area (Å²) in [5.41, 5.74) is 1.63. The standard InChI is InChI=1S/C24H24N6O/c25-14-24(12-17-4-3-9-26-13-17)15-27-22(30-24)20(10-16-7-8-16)29-23(31)21-11-18-5-1-2-6-19(18)28-21/h1-6,9,11,13,16,20,28H,7-8,10,12,15H2,(H,27,30)(H,29,31). The third-order valence-electron chi connectivity index (χ3n) is 6.01. The number of aliphatic imine (C=N–C) groups is 1. The highest BCUT2D eigenvalue weighted by Crippen LogP contribution is 2.34. The zero-order valence-electron chi connectivity index (χ0n) is 17.1. The van der Waals surface area contributed by atoms with Crippen LogP contribution in [0.25, 0.3) is 10.9 Å². The van der Waals surface area contributed by atoms with Crippen molar-refractivity contribution in [2.45, 2.75) is 37.3 Å². The summed E-state index contributed by atoms with van der Waals surface area (Å²) in [5, 5.41) is 17.4. The number of nitrogens with one attached hydrogen (secondary N) is 3. The number of para-hydroxylation sites is 1. The van der Waals surface area contributed by atoms with E-state index in [2.05, 4.69) is 31.7 Å². The van der Waals surface area contributed by atoms with E-state index >= 15 is 0 Å². The molecule has 1 amide bonds. The summed E-state index contributed by atoms with van der Waals surface area (Å²) in [6, 6.07) is 15.7. The molecule has 3 aromatic rings. The van der Waals surface area contributed by atoms with Crippen LogP contribution < -0.4 is 10.6 Å². The number of pyridine rings is 1. The summed E-state index contributed by atoms with van der Waals surface area (Å²) in [5.74, 6) is 1.13. The van der Waals surface area contributed by atoms with Gasteiger partial charge in [-0.25, -0.2) is 0 Å². The van der Waals surface area contributed by atoms with Gasteiger partial charge in [-0.15, -0.1) is 0 Å². The van der Waals surface area contributed by atoms with Crippen LogP contribution >= 0.6 is 0 Å². The first kappa shape index (κ1) is 19.3. The first-order chi connectivity index (χ1) is 15.1. The number of amidine groups is 1. The van der Waals surface area contributed by atoms with Crippen molar-refractivity contribution in [2.75, 3.05) is 6.54 Å². The molecule has 0 radical (unpaired) electrons. The van der Waals surface area contributed by atoms with Gasteiger partial charge in [-0.05, 0) is 36.1 Å². The second-order valence-electron chi connectivity index (χ2n) is 8.53. The number of nitriles is 1. The van der Waals surface area contributed by atoms with E-state index in [0.717, 1.165) is 22.9 Å². The number of fused-ring (bicyclic) bond motifs is 1. The number of carbonyl (C=O) groups is 1. The van der Waals surface area contributed by atoms with E-state index in [1.165, 1.54) is 12.8 Å². The molecule has 0 bridgehead atoms. The molecule has 1 aliphatic carbocycles. The van der Waals surface area contributed by atoms with Crippen LogP contribution in [0.2, 0.25) is 0 Å². The Morgan fingerprint density at radius 1 is 1.29 bits per heavy atom. The molecule has 2 atom stereocenters. The number of rotatable bonds is 7. The van der Waals surface area contributed by atoms with Gasteiger partial charge in [0.25, 0.3) is 5.91 Å². The van der Waals surface area contributed by atoms with Crippen molar-refractivity contribution in [2.24, 2.45) is 10.9 Å². The lowest BCUT2D eigenvalue weighted by molar-refractivity contribution is 0.0940. The smallest absolute Gasteiger partial charge is 0.268 e. The Labute approximate surface area is 180 Å². The number of H-pyrrole nitrogens is 1. The average Bonchev–Trinajstić information content (AvgIpc) is 3.34. The number of hydrogen-bond acceptors (Lipinski definition) is 5. The molecule has 0 spiro atoms. The molecule has 0 saturated heterocycles. The number of aromatic amines is 1. The van der Waals surface area contributed by atoms with Gasteiger partial charge in [0.05, 0.1) is 18.7 Å². The van der Waals surface area contributed by atoms with Gasteiger partial charge in [0.15, 0.2) is 0 Å². The average molecular weight is 412 g/mol. The zero-order valence-corrected chi connectivity index (χ0v) is 17.1. The highest BCUT2D eigenvalue weighted by molar-refractivity contribution is 6.01. The SMILES string of the molecule is N#CC1(Cc2cccnc2)CN=C(C(CC2CC2)NC(=O)c2cc3ccccc3[nH]2)N1. The van der Waals surface area contributed by atoms with Crippen molar-refractivity contribution in [1.29, 1.82) is 5.26 Å². The minimum absolute atomic E-state index is 0.159. The van der Waals surface area contributed by atoms with E-state index in [-0.39, 0.29) is 11.9 Å². The minimum atomic E-state index is -0.813. The molecule has 2 unspecified atom stereocenters. The monoisotopic (exact) mass is 412 g/mol. The van der Waals surface area contributed by atoms with Crippen molar-refractivity contribution in [3.8, 4) is 6.07 Å². The van der Waals surface area contributed by atoms with Gasteiger partial charge in [-0.1, -0.05) is 37.1 Å². The Morgan fingerprint density at radius 2 is 2.16 bits per heavy atom. The van der Waals surface area contributed by atoms with Crippen molar-refractivity contribution in [3.05, 3.63) is 66.1 Å². The van der Waals surface area contributed by atoms with Crippen LogP contribution in [0.15, 0.2) is 59.9 Å². The summed E-state index contributed by atoms with van der Waals surface area (Å²) >= 11 is 0. The molecule has 3 heterocycles. The van der Waals surface area contributed by atoms with Gasteiger partial charge in [-0.3, -0.25) is 14.8 Å². The summed E-state index contributed by atoms with van der Waals surface area (Å²) in [6.45, 7) is 0.358. The van der Waals surface area contributed by atoms with E-state index < -0.39 is 5.54 Å². The molecule has 2 aliphatic rings. The minimum Gasteiger partial charge on any atom is -0.352 e. The lowest BCUT2D eigenvalue weighted by Gasteiger charge is -2.25. The van der Waals surface area contributed by atoms with Crippen LogP contribution in [0.4, 0.5) is 0 Å². The quantitative estimate of drug-likeness (QED) is 0.555. The van der Waals surface area contributed by atoms with Gasteiger partial charge >= 0.3 is 0 Å². The summed E-state index contributed by atoms with van der Waals surface area (Å²) in [6.07, 6.45) is 7.18. The van der Waals surface area contributed by atoms with Crippen LogP contribution in [0.3, 0.4) is 0 Å². The number of carbonyl (C=O) groups excluding carboxylic acids is 1. The Hall–Kier alpha value is -3.66. The molecule has 1 aromatic carbocycles. The van der Waals surface area contributed by atoms with Gasteiger partial charge in [0.1, 0.15) is 17.1 Å². The third kappa shape index (κ3) is 4.15. The highest BCUT2D eigenvalue weighted by Gasteiger charge is 2.40. The maximum atomic E-state index is 13.0. The molecule has 1 aliphatic heterocycles. The number of amides is 1. The van der Waals surface area contributed by atoms with E-state index in [4.69, 9.17) is 0 Å². The predicted octanol–water partition coefficient (Wildman–Crippen LogP) is 2.97. The third-order valence-corrected chi connectivity index (χ3v) is 6.01. The fraction of sp³-hybridized carbons (Fsp3) is 0.333. The normalized spacial score (nSPS) is 21.2. The molecule has 3 N–H and O–H groups in total. The second-order valence-corrected chi connectivity index (χ2v) is 8.53. The first-order valence-electron chi connectivity index (χ1n) is 10.7. The summed E-state index contributed by atoms with van der Waals surface area (Å²) in [7, 11) is 0. The maximum Gasteiger partial charge on any atom is 0.268 e. The molecule has 156 valence electrons. The maximum absolute atomic E-state index is 13.0. The van der Waals surface area contributed by atoms with Crippen LogP contribution in [0, 0.1) is 17.2 Å². The number of hydrogen-bond donors (Lipinski definition) is 3. The Bertz CT molecular complexity index is 1140. The van der Waals surface area contributed by atoms with E-state index in [1.807, 2.05) is 42.5 Å². The van der Waals surface area contributed by atoms with Gasteiger partial charge in [0, 0.05) is 29.7 Å².